The van der Waals surface area contributed by atoms with Crippen molar-refractivity contribution in [1.29, 1.82) is 0 Å². The van der Waals surface area contributed by atoms with Gasteiger partial charge in [-0.15, -0.1) is 0 Å². The van der Waals surface area contributed by atoms with Crippen LogP contribution in [0, 0.1) is 13.8 Å². The Labute approximate surface area is 203 Å². The summed E-state index contributed by atoms with van der Waals surface area (Å²) in [5, 5.41) is 1.26. The zero-order valence-corrected chi connectivity index (χ0v) is 20.2. The fraction of sp³-hybridized carbons (Fsp3) is 0.148. The first-order chi connectivity index (χ1) is 16.0. The van der Waals surface area contributed by atoms with Crippen LogP contribution in [0.5, 0.6) is 0 Å². The third kappa shape index (κ3) is 3.79. The monoisotopic (exact) mass is 474 g/mol. The minimum atomic E-state index is 0.599. The van der Waals surface area contributed by atoms with Crippen molar-refractivity contribution in [2.75, 3.05) is 0 Å². The van der Waals surface area contributed by atoms with Crippen LogP contribution in [0.4, 0.5) is 0 Å². The van der Waals surface area contributed by atoms with Crippen LogP contribution >= 0.6 is 23.2 Å². The van der Waals surface area contributed by atoms with Crippen LogP contribution in [0.1, 0.15) is 40.7 Å². The topological polar surface area (TPSA) is 59.7 Å². The zero-order valence-electron chi connectivity index (χ0n) is 18.7. The highest BCUT2D eigenvalue weighted by Crippen LogP contribution is 2.38. The number of allylic oxidation sites excluding steroid dienone is 2. The Bertz CT molecular complexity index is 1410. The molecule has 3 N–H and O–H groups in total. The summed E-state index contributed by atoms with van der Waals surface area (Å²) in [6, 6.07) is 16.0. The van der Waals surface area contributed by atoms with Crippen LogP contribution in [0.2, 0.25) is 5.02 Å². The summed E-state index contributed by atoms with van der Waals surface area (Å²) in [5.41, 5.74) is 10.9. The predicted molar refractivity (Wildman–Crippen MR) is 138 cm³/mol. The van der Waals surface area contributed by atoms with Crippen molar-refractivity contribution < 1.29 is 0 Å². The molecule has 33 heavy (non-hydrogen) atoms. The predicted octanol–water partition coefficient (Wildman–Crippen LogP) is 7.56. The second-order valence-electron chi connectivity index (χ2n) is 8.15. The summed E-state index contributed by atoms with van der Waals surface area (Å²) in [5.74, 6) is 0. The number of halogens is 2. The summed E-state index contributed by atoms with van der Waals surface area (Å²) < 4.78 is 0. The molecule has 0 fully saturated rings. The smallest absolute Gasteiger partial charge is 0.106 e. The molecule has 0 unspecified atom stereocenters. The molecule has 0 atom stereocenters. The molecule has 4 nitrogen and oxygen atoms in total. The van der Waals surface area contributed by atoms with Gasteiger partial charge in [-0.25, -0.2) is 4.99 Å². The molecule has 5 rings (SSSR count). The van der Waals surface area contributed by atoms with Crippen molar-refractivity contribution in [2.45, 2.75) is 27.2 Å². The van der Waals surface area contributed by atoms with Crippen molar-refractivity contribution >= 4 is 34.5 Å². The van der Waals surface area contributed by atoms with Crippen molar-refractivity contribution in [2.24, 2.45) is 4.99 Å². The molecule has 1 aliphatic heterocycles. The molecule has 0 aliphatic carbocycles. The third-order valence-corrected chi connectivity index (χ3v) is 6.72. The Hall–Kier alpha value is -3.21. The maximum atomic E-state index is 6.78. The van der Waals surface area contributed by atoms with E-state index in [0.29, 0.717) is 10.1 Å². The van der Waals surface area contributed by atoms with E-state index in [2.05, 4.69) is 47.9 Å². The van der Waals surface area contributed by atoms with Crippen molar-refractivity contribution in [3.63, 3.8) is 0 Å². The summed E-state index contributed by atoms with van der Waals surface area (Å²) in [7, 11) is 0. The van der Waals surface area contributed by atoms with Gasteiger partial charge < -0.3 is 15.0 Å². The van der Waals surface area contributed by atoms with Gasteiger partial charge in [0.2, 0.25) is 0 Å². The Morgan fingerprint density at radius 1 is 0.970 bits per heavy atom. The van der Waals surface area contributed by atoms with Crippen molar-refractivity contribution in [3.05, 3.63) is 110 Å². The van der Waals surface area contributed by atoms with E-state index in [4.69, 9.17) is 28.2 Å². The van der Waals surface area contributed by atoms with Gasteiger partial charge in [-0.3, -0.25) is 0 Å². The van der Waals surface area contributed by atoms with E-state index >= 15 is 0 Å². The lowest BCUT2D eigenvalue weighted by atomic mass is 10.0. The van der Waals surface area contributed by atoms with Crippen LogP contribution in [0.25, 0.3) is 17.0 Å². The largest absolute Gasteiger partial charge is 0.360 e. The number of aliphatic imine (C=N–C) groups is 1. The van der Waals surface area contributed by atoms with Crippen molar-refractivity contribution in [1.82, 2.24) is 15.0 Å². The van der Waals surface area contributed by atoms with Gasteiger partial charge in [0, 0.05) is 17.5 Å². The summed E-state index contributed by atoms with van der Waals surface area (Å²) in [6.07, 6.45) is 4.75. The molecule has 0 spiro atoms. The molecule has 3 aromatic heterocycles. The summed E-state index contributed by atoms with van der Waals surface area (Å²) in [4.78, 5) is 15.2. The van der Waals surface area contributed by atoms with Gasteiger partial charge in [-0.1, -0.05) is 60.5 Å². The van der Waals surface area contributed by atoms with E-state index in [-0.39, 0.29) is 0 Å². The number of aromatic nitrogens is 3. The first kappa shape index (κ1) is 21.6. The number of aryl methyl sites for hydroxylation is 1. The third-order valence-electron chi connectivity index (χ3n) is 6.13. The van der Waals surface area contributed by atoms with E-state index in [9.17, 15) is 0 Å². The minimum absolute atomic E-state index is 0.599. The zero-order chi connectivity index (χ0) is 23.1. The maximum Gasteiger partial charge on any atom is 0.106 e. The highest BCUT2D eigenvalue weighted by atomic mass is 35.5. The van der Waals surface area contributed by atoms with Crippen molar-refractivity contribution in [3.8, 4) is 11.4 Å². The molecule has 0 saturated heterocycles. The van der Waals surface area contributed by atoms with E-state index in [1.54, 1.807) is 0 Å². The molecule has 4 heterocycles. The lowest BCUT2D eigenvalue weighted by Gasteiger charge is -2.08. The van der Waals surface area contributed by atoms with E-state index in [0.717, 1.165) is 51.7 Å². The van der Waals surface area contributed by atoms with Crippen LogP contribution < -0.4 is 0 Å². The van der Waals surface area contributed by atoms with Gasteiger partial charge in [0.15, 0.2) is 0 Å². The number of nitrogens with one attached hydrogen (secondary N) is 3. The van der Waals surface area contributed by atoms with Gasteiger partial charge in [0.25, 0.3) is 0 Å². The highest BCUT2D eigenvalue weighted by Gasteiger charge is 2.23. The quantitative estimate of drug-likeness (QED) is 0.267. The second kappa shape index (κ2) is 8.62. The molecule has 0 radical (unpaired) electrons. The molecule has 6 heteroatoms. The Balaban J connectivity index is 1.70. The normalized spacial score (nSPS) is 15.1. The standard InChI is InChI=1S/C27H24Cl2N4/c1-4-18-15(2)25(31-16(18)3)27-20(29)14-23(33-27)24(17-9-6-5-7-10-17)22-13-19(28)26(32-22)21-11-8-12-30-21/h5-14,30-31,33H,4H2,1-3H3/b24-22-. The molecule has 0 bridgehead atoms. The molecule has 4 aromatic rings. The van der Waals surface area contributed by atoms with E-state index < -0.39 is 0 Å². The van der Waals surface area contributed by atoms with Crippen LogP contribution in [-0.4, -0.2) is 20.7 Å². The first-order valence-electron chi connectivity index (χ1n) is 10.9. The lowest BCUT2D eigenvalue weighted by Crippen LogP contribution is -1.97. The van der Waals surface area contributed by atoms with Crippen LogP contribution in [0.3, 0.4) is 0 Å². The fourth-order valence-electron chi connectivity index (χ4n) is 4.55. The molecular formula is C27H24Cl2N4. The molecule has 1 aromatic carbocycles. The fourth-order valence-corrected chi connectivity index (χ4v) is 5.05. The van der Waals surface area contributed by atoms with Gasteiger partial charge in [0.1, 0.15) is 5.71 Å². The number of aromatic amines is 3. The molecule has 0 saturated carbocycles. The van der Waals surface area contributed by atoms with E-state index in [1.165, 1.54) is 16.8 Å². The van der Waals surface area contributed by atoms with Crippen LogP contribution in [0.15, 0.2) is 76.5 Å². The highest BCUT2D eigenvalue weighted by molar-refractivity contribution is 6.47. The lowest BCUT2D eigenvalue weighted by molar-refractivity contribution is 1.08. The van der Waals surface area contributed by atoms with Crippen LogP contribution in [-0.2, 0) is 6.42 Å². The molecule has 0 amide bonds. The molecule has 1 aliphatic rings. The Morgan fingerprint density at radius 2 is 1.76 bits per heavy atom. The van der Waals surface area contributed by atoms with E-state index in [1.807, 2.05) is 48.7 Å². The van der Waals surface area contributed by atoms with Gasteiger partial charge >= 0.3 is 0 Å². The molecular weight excluding hydrogens is 451 g/mol. The van der Waals surface area contributed by atoms with Gasteiger partial charge in [-0.2, -0.15) is 0 Å². The van der Waals surface area contributed by atoms with Gasteiger partial charge in [-0.05, 0) is 61.2 Å². The van der Waals surface area contributed by atoms with Gasteiger partial charge in [0.05, 0.1) is 38.5 Å². The summed E-state index contributed by atoms with van der Waals surface area (Å²) in [6.45, 7) is 6.41. The molecule has 166 valence electrons. The number of H-pyrrole nitrogens is 3. The maximum absolute atomic E-state index is 6.78. The Kier molecular flexibility index (Phi) is 5.65. The number of nitrogens with zero attached hydrogens (tertiary/aromatic N) is 1. The Morgan fingerprint density at radius 3 is 2.42 bits per heavy atom. The second-order valence-corrected chi connectivity index (χ2v) is 8.97. The minimum Gasteiger partial charge on any atom is -0.360 e. The number of rotatable bonds is 5. The number of hydrogen-bond acceptors (Lipinski definition) is 1. The SMILES string of the molecule is CCc1c(C)[nH]c(-c2[nH]c(/C(=C3/C=C(Cl)C(c4ccc[nH]4)=N3)c3ccccc3)cc2Cl)c1C. The first-order valence-corrected chi connectivity index (χ1v) is 11.7. The average molecular weight is 475 g/mol. The number of hydrogen-bond donors (Lipinski definition) is 3. The number of benzene rings is 1. The summed E-state index contributed by atoms with van der Waals surface area (Å²) >= 11 is 13.4. The average Bonchev–Trinajstić information content (AvgIpc) is 3.58.